The first-order chi connectivity index (χ1) is 9.32. The summed E-state index contributed by atoms with van der Waals surface area (Å²) >= 11 is 0. The fourth-order valence-corrected chi connectivity index (χ4v) is 1.99. The zero-order chi connectivity index (χ0) is 15.3. The van der Waals surface area contributed by atoms with Crippen molar-refractivity contribution in [2.75, 3.05) is 13.6 Å². The smallest absolute Gasteiger partial charge is 0.308 e. The molecule has 1 amide bonds. The Bertz CT molecular complexity index is 490. The van der Waals surface area contributed by atoms with E-state index in [1.807, 2.05) is 0 Å². The lowest BCUT2D eigenvalue weighted by Crippen LogP contribution is -2.34. The molecule has 5 heteroatoms. The molecule has 1 aromatic rings. The van der Waals surface area contributed by atoms with Crippen LogP contribution in [0.3, 0.4) is 0 Å². The van der Waals surface area contributed by atoms with Gasteiger partial charge < -0.3 is 10.0 Å². The standard InChI is InChI=1S/C15H20FNO3/c1-10(12-6-4-5-7-13(12)16)8-14(18)17(3)9-11(2)15(19)20/h4-7,10-11H,8-9H2,1-3H3,(H,19,20). The van der Waals surface area contributed by atoms with Crippen LogP contribution in [0.2, 0.25) is 0 Å². The maximum Gasteiger partial charge on any atom is 0.308 e. The summed E-state index contributed by atoms with van der Waals surface area (Å²) in [6.07, 6.45) is 0.157. The van der Waals surface area contributed by atoms with Gasteiger partial charge in [0.1, 0.15) is 5.82 Å². The summed E-state index contributed by atoms with van der Waals surface area (Å²) in [7, 11) is 1.57. The van der Waals surface area contributed by atoms with Gasteiger partial charge >= 0.3 is 5.97 Å². The van der Waals surface area contributed by atoms with Gasteiger partial charge in [0, 0.05) is 20.0 Å². The van der Waals surface area contributed by atoms with Crippen molar-refractivity contribution in [1.29, 1.82) is 0 Å². The lowest BCUT2D eigenvalue weighted by Gasteiger charge is -2.21. The maximum absolute atomic E-state index is 13.6. The molecule has 0 heterocycles. The van der Waals surface area contributed by atoms with Gasteiger partial charge in [0.2, 0.25) is 5.91 Å². The number of amides is 1. The second-order valence-corrected chi connectivity index (χ2v) is 5.14. The fraction of sp³-hybridized carbons (Fsp3) is 0.467. The summed E-state index contributed by atoms with van der Waals surface area (Å²) in [4.78, 5) is 24.1. The molecule has 0 radical (unpaired) electrons. The van der Waals surface area contributed by atoms with Gasteiger partial charge in [-0.1, -0.05) is 32.0 Å². The minimum atomic E-state index is -0.938. The van der Waals surface area contributed by atoms with E-state index in [2.05, 4.69) is 0 Å². The molecule has 0 aromatic heterocycles. The van der Waals surface area contributed by atoms with Crippen molar-refractivity contribution in [2.24, 2.45) is 5.92 Å². The zero-order valence-corrected chi connectivity index (χ0v) is 12.0. The van der Waals surface area contributed by atoms with E-state index in [0.29, 0.717) is 5.56 Å². The molecule has 110 valence electrons. The summed E-state index contributed by atoms with van der Waals surface area (Å²) in [5, 5.41) is 8.82. The predicted molar refractivity (Wildman–Crippen MR) is 73.9 cm³/mol. The summed E-state index contributed by atoms with van der Waals surface area (Å²) < 4.78 is 13.6. The first-order valence-electron chi connectivity index (χ1n) is 6.54. The second kappa shape index (κ2) is 7.03. The van der Waals surface area contributed by atoms with Crippen LogP contribution in [-0.4, -0.2) is 35.5 Å². The Labute approximate surface area is 118 Å². The number of carboxylic acid groups (broad SMARTS) is 1. The van der Waals surface area contributed by atoms with E-state index in [0.717, 1.165) is 0 Å². The van der Waals surface area contributed by atoms with E-state index in [1.54, 1.807) is 39.1 Å². The van der Waals surface area contributed by atoms with Gasteiger partial charge in [-0.3, -0.25) is 9.59 Å². The van der Waals surface area contributed by atoms with Gasteiger partial charge in [-0.2, -0.15) is 0 Å². The number of carboxylic acids is 1. The highest BCUT2D eigenvalue weighted by Gasteiger charge is 2.20. The fourth-order valence-electron chi connectivity index (χ4n) is 1.99. The van der Waals surface area contributed by atoms with Crippen LogP contribution in [-0.2, 0) is 9.59 Å². The van der Waals surface area contributed by atoms with Gasteiger partial charge in [0.25, 0.3) is 0 Å². The summed E-state index contributed by atoms with van der Waals surface area (Å²) in [6.45, 7) is 3.48. The quantitative estimate of drug-likeness (QED) is 0.871. The van der Waals surface area contributed by atoms with Crippen LogP contribution < -0.4 is 0 Å². The highest BCUT2D eigenvalue weighted by molar-refractivity contribution is 5.78. The number of hydrogen-bond donors (Lipinski definition) is 1. The van der Waals surface area contributed by atoms with E-state index in [9.17, 15) is 14.0 Å². The molecule has 1 rings (SSSR count). The van der Waals surface area contributed by atoms with Crippen LogP contribution in [0.5, 0.6) is 0 Å². The Morgan fingerprint density at radius 1 is 1.30 bits per heavy atom. The molecule has 0 fully saturated rings. The summed E-state index contributed by atoms with van der Waals surface area (Å²) in [6, 6.07) is 6.36. The number of carbonyl (C=O) groups is 2. The molecule has 0 spiro atoms. The van der Waals surface area contributed by atoms with Crippen LogP contribution >= 0.6 is 0 Å². The number of nitrogens with zero attached hydrogens (tertiary/aromatic N) is 1. The SMILES string of the molecule is CC(CN(C)C(=O)CC(C)c1ccccc1F)C(=O)O. The molecular formula is C15H20FNO3. The van der Waals surface area contributed by atoms with Crippen LogP contribution in [0.25, 0.3) is 0 Å². The van der Waals surface area contributed by atoms with E-state index >= 15 is 0 Å². The predicted octanol–water partition coefficient (Wildman–Crippen LogP) is 2.50. The van der Waals surface area contributed by atoms with Gasteiger partial charge in [0.15, 0.2) is 0 Å². The minimum absolute atomic E-state index is 0.151. The molecule has 0 saturated heterocycles. The van der Waals surface area contributed by atoms with Crippen LogP contribution in [0.1, 0.15) is 31.7 Å². The van der Waals surface area contributed by atoms with Crippen molar-refractivity contribution in [3.8, 4) is 0 Å². The third-order valence-electron chi connectivity index (χ3n) is 3.31. The molecule has 4 nitrogen and oxygen atoms in total. The van der Waals surface area contributed by atoms with Crippen LogP contribution in [0.4, 0.5) is 4.39 Å². The van der Waals surface area contributed by atoms with Crippen molar-refractivity contribution >= 4 is 11.9 Å². The average molecular weight is 281 g/mol. The van der Waals surface area contributed by atoms with E-state index in [-0.39, 0.29) is 30.6 Å². The van der Waals surface area contributed by atoms with Gasteiger partial charge in [-0.05, 0) is 17.5 Å². The molecule has 2 atom stereocenters. The second-order valence-electron chi connectivity index (χ2n) is 5.14. The third kappa shape index (κ3) is 4.33. The Hall–Kier alpha value is -1.91. The number of hydrogen-bond acceptors (Lipinski definition) is 2. The van der Waals surface area contributed by atoms with E-state index in [1.165, 1.54) is 11.0 Å². The van der Waals surface area contributed by atoms with Gasteiger partial charge in [0.05, 0.1) is 5.92 Å². The molecule has 0 aliphatic heterocycles. The molecule has 0 saturated carbocycles. The molecular weight excluding hydrogens is 261 g/mol. The van der Waals surface area contributed by atoms with Crippen molar-refractivity contribution in [3.05, 3.63) is 35.6 Å². The number of rotatable bonds is 6. The number of halogens is 1. The Morgan fingerprint density at radius 3 is 2.45 bits per heavy atom. The van der Waals surface area contributed by atoms with Crippen LogP contribution in [0, 0.1) is 11.7 Å². The van der Waals surface area contributed by atoms with E-state index < -0.39 is 11.9 Å². The lowest BCUT2D eigenvalue weighted by atomic mass is 9.96. The number of aliphatic carboxylic acids is 1. The number of carbonyl (C=O) groups excluding carboxylic acids is 1. The molecule has 1 aromatic carbocycles. The highest BCUT2D eigenvalue weighted by atomic mass is 19.1. The highest BCUT2D eigenvalue weighted by Crippen LogP contribution is 2.22. The number of benzene rings is 1. The molecule has 0 aliphatic carbocycles. The van der Waals surface area contributed by atoms with Crippen molar-refractivity contribution in [1.82, 2.24) is 4.90 Å². The Kier molecular flexibility index (Phi) is 5.67. The average Bonchev–Trinajstić information content (AvgIpc) is 2.38. The molecule has 20 heavy (non-hydrogen) atoms. The Morgan fingerprint density at radius 2 is 1.90 bits per heavy atom. The first kappa shape index (κ1) is 16.1. The van der Waals surface area contributed by atoms with Crippen molar-refractivity contribution in [3.63, 3.8) is 0 Å². The third-order valence-corrected chi connectivity index (χ3v) is 3.31. The minimum Gasteiger partial charge on any atom is -0.481 e. The van der Waals surface area contributed by atoms with E-state index in [4.69, 9.17) is 5.11 Å². The lowest BCUT2D eigenvalue weighted by molar-refractivity contribution is -0.142. The molecule has 0 bridgehead atoms. The normalized spacial score (nSPS) is 13.6. The molecule has 2 unspecified atom stereocenters. The first-order valence-corrected chi connectivity index (χ1v) is 6.54. The van der Waals surface area contributed by atoms with Gasteiger partial charge in [-0.25, -0.2) is 4.39 Å². The monoisotopic (exact) mass is 281 g/mol. The summed E-state index contributed by atoms with van der Waals surface area (Å²) in [5.41, 5.74) is 0.500. The van der Waals surface area contributed by atoms with Gasteiger partial charge in [-0.15, -0.1) is 0 Å². The molecule has 0 aliphatic rings. The van der Waals surface area contributed by atoms with Crippen molar-refractivity contribution in [2.45, 2.75) is 26.2 Å². The largest absolute Gasteiger partial charge is 0.481 e. The topological polar surface area (TPSA) is 57.6 Å². The van der Waals surface area contributed by atoms with Crippen LogP contribution in [0.15, 0.2) is 24.3 Å². The molecule has 1 N–H and O–H groups in total. The zero-order valence-electron chi connectivity index (χ0n) is 12.0. The summed E-state index contributed by atoms with van der Waals surface area (Å²) in [5.74, 6) is -2.31. The maximum atomic E-state index is 13.6. The van der Waals surface area contributed by atoms with Crippen molar-refractivity contribution < 1.29 is 19.1 Å². The Balaban J connectivity index is 2.62.